The second-order valence-corrected chi connectivity index (χ2v) is 10.6. The molecule has 2 heterocycles. The van der Waals surface area contributed by atoms with Gasteiger partial charge < -0.3 is 19.1 Å². The van der Waals surface area contributed by atoms with Gasteiger partial charge >= 0.3 is 5.97 Å². The SMILES string of the molecule is COCC(C)(C)c1c(C2CC(C)(C(=O)O)C2)c2c(F)c3[nH]ncc3cc2n1-c1ccc(F)c(OC)c1. The van der Waals surface area contributed by atoms with Crippen molar-refractivity contribution in [1.82, 2.24) is 14.8 Å². The van der Waals surface area contributed by atoms with Crippen LogP contribution in [0.3, 0.4) is 0 Å². The summed E-state index contributed by atoms with van der Waals surface area (Å²) in [5, 5.41) is 17.5. The number of benzene rings is 2. The van der Waals surface area contributed by atoms with Crippen LogP contribution in [0, 0.1) is 17.0 Å². The average molecular weight is 498 g/mol. The Hall–Kier alpha value is -3.46. The number of halogens is 2. The Kier molecular flexibility index (Phi) is 5.59. The van der Waals surface area contributed by atoms with Crippen LogP contribution in [0.4, 0.5) is 8.78 Å². The van der Waals surface area contributed by atoms with E-state index < -0.39 is 28.4 Å². The zero-order chi connectivity index (χ0) is 26.0. The summed E-state index contributed by atoms with van der Waals surface area (Å²) < 4.78 is 43.3. The molecule has 1 aliphatic carbocycles. The minimum atomic E-state index is -0.880. The number of carboxylic acid groups (broad SMARTS) is 1. The molecule has 2 N–H and O–H groups in total. The van der Waals surface area contributed by atoms with Crippen LogP contribution >= 0.6 is 0 Å². The van der Waals surface area contributed by atoms with E-state index in [9.17, 15) is 14.3 Å². The zero-order valence-electron chi connectivity index (χ0n) is 20.9. The molecule has 5 rings (SSSR count). The monoisotopic (exact) mass is 497 g/mol. The predicted molar refractivity (Wildman–Crippen MR) is 132 cm³/mol. The van der Waals surface area contributed by atoms with Crippen LogP contribution in [0.2, 0.25) is 0 Å². The van der Waals surface area contributed by atoms with Gasteiger partial charge in [0.05, 0.1) is 30.8 Å². The van der Waals surface area contributed by atoms with Gasteiger partial charge in [-0.2, -0.15) is 5.10 Å². The molecule has 0 unspecified atom stereocenters. The van der Waals surface area contributed by atoms with Crippen LogP contribution in [-0.4, -0.2) is 46.7 Å². The number of nitrogens with zero attached hydrogens (tertiary/aromatic N) is 2. The summed E-state index contributed by atoms with van der Waals surface area (Å²) in [5.74, 6) is -1.92. The second-order valence-electron chi connectivity index (χ2n) is 10.6. The van der Waals surface area contributed by atoms with Crippen molar-refractivity contribution in [3.63, 3.8) is 0 Å². The lowest BCUT2D eigenvalue weighted by Crippen LogP contribution is -2.41. The molecule has 2 aromatic carbocycles. The number of fused-ring (bicyclic) bond motifs is 2. The first-order valence-electron chi connectivity index (χ1n) is 11.8. The fourth-order valence-corrected chi connectivity index (χ4v) is 5.79. The summed E-state index contributed by atoms with van der Waals surface area (Å²) >= 11 is 0. The van der Waals surface area contributed by atoms with E-state index in [4.69, 9.17) is 9.47 Å². The molecule has 190 valence electrons. The average Bonchev–Trinajstić information content (AvgIpc) is 3.41. The van der Waals surface area contributed by atoms with Crippen molar-refractivity contribution in [2.24, 2.45) is 5.41 Å². The summed E-state index contributed by atoms with van der Waals surface area (Å²) in [6, 6.07) is 6.40. The minimum absolute atomic E-state index is 0.0679. The largest absolute Gasteiger partial charge is 0.494 e. The highest BCUT2D eigenvalue weighted by Crippen LogP contribution is 2.56. The van der Waals surface area contributed by atoms with Gasteiger partial charge in [-0.1, -0.05) is 13.8 Å². The lowest BCUT2D eigenvalue weighted by molar-refractivity contribution is -0.154. The van der Waals surface area contributed by atoms with Gasteiger partial charge in [0.1, 0.15) is 5.52 Å². The third-order valence-electron chi connectivity index (χ3n) is 7.50. The van der Waals surface area contributed by atoms with Crippen LogP contribution in [0.25, 0.3) is 27.5 Å². The maximum absolute atomic E-state index is 16.2. The lowest BCUT2D eigenvalue weighted by atomic mass is 9.60. The number of H-pyrrole nitrogens is 1. The van der Waals surface area contributed by atoms with Gasteiger partial charge in [-0.25, -0.2) is 8.78 Å². The normalized spacial score (nSPS) is 20.1. The molecule has 0 amide bonds. The Morgan fingerprint density at radius 3 is 2.64 bits per heavy atom. The molecule has 0 atom stereocenters. The molecule has 1 saturated carbocycles. The van der Waals surface area contributed by atoms with E-state index in [-0.39, 0.29) is 17.2 Å². The molecule has 4 aromatic rings. The van der Waals surface area contributed by atoms with Gasteiger partial charge in [0.25, 0.3) is 0 Å². The van der Waals surface area contributed by atoms with E-state index in [0.717, 1.165) is 11.3 Å². The summed E-state index contributed by atoms with van der Waals surface area (Å²) in [4.78, 5) is 11.9. The number of carboxylic acids is 1. The molecule has 0 saturated heterocycles. The Morgan fingerprint density at radius 1 is 1.28 bits per heavy atom. The van der Waals surface area contributed by atoms with Crippen LogP contribution in [-0.2, 0) is 14.9 Å². The predicted octanol–water partition coefficient (Wildman–Crippen LogP) is 5.69. The van der Waals surface area contributed by atoms with E-state index in [1.807, 2.05) is 24.5 Å². The highest BCUT2D eigenvalue weighted by Gasteiger charge is 2.50. The van der Waals surface area contributed by atoms with Gasteiger partial charge in [0.15, 0.2) is 17.4 Å². The molecule has 2 aromatic heterocycles. The van der Waals surface area contributed by atoms with E-state index in [1.165, 1.54) is 13.2 Å². The van der Waals surface area contributed by atoms with Crippen molar-refractivity contribution in [2.45, 2.75) is 44.9 Å². The van der Waals surface area contributed by atoms with E-state index in [1.54, 1.807) is 32.4 Å². The van der Waals surface area contributed by atoms with Crippen LogP contribution in [0.5, 0.6) is 5.75 Å². The number of nitrogens with one attached hydrogen (secondary N) is 1. The molecule has 1 fully saturated rings. The minimum Gasteiger partial charge on any atom is -0.494 e. The van der Waals surface area contributed by atoms with E-state index >= 15 is 4.39 Å². The Bertz CT molecular complexity index is 1500. The molecule has 1 aliphatic rings. The number of aliphatic carboxylic acids is 1. The maximum atomic E-state index is 16.2. The van der Waals surface area contributed by atoms with Crippen molar-refractivity contribution in [3.8, 4) is 11.4 Å². The number of carbonyl (C=O) groups is 1. The van der Waals surface area contributed by atoms with E-state index in [2.05, 4.69) is 10.2 Å². The number of hydrogen-bond acceptors (Lipinski definition) is 4. The fourth-order valence-electron chi connectivity index (χ4n) is 5.79. The van der Waals surface area contributed by atoms with Gasteiger partial charge in [0.2, 0.25) is 0 Å². The topological polar surface area (TPSA) is 89.4 Å². The molecule has 0 aliphatic heterocycles. The number of hydrogen-bond donors (Lipinski definition) is 2. The number of aromatic amines is 1. The lowest BCUT2D eigenvalue weighted by Gasteiger charge is -2.43. The molecule has 0 radical (unpaired) electrons. The number of rotatable bonds is 7. The van der Waals surface area contributed by atoms with Crippen molar-refractivity contribution in [1.29, 1.82) is 0 Å². The quantitative estimate of drug-likeness (QED) is 0.343. The third-order valence-corrected chi connectivity index (χ3v) is 7.50. The Morgan fingerprint density at radius 2 is 2.00 bits per heavy atom. The van der Waals surface area contributed by atoms with Crippen molar-refractivity contribution in [3.05, 3.63) is 53.4 Å². The molecule has 7 nitrogen and oxygen atoms in total. The van der Waals surface area contributed by atoms with Crippen LogP contribution in [0.1, 0.15) is 50.8 Å². The molecular formula is C27H29F2N3O4. The first-order chi connectivity index (χ1) is 17.0. The number of ether oxygens (including phenoxy) is 2. The fraction of sp³-hybridized carbons (Fsp3) is 0.407. The van der Waals surface area contributed by atoms with Crippen LogP contribution < -0.4 is 4.74 Å². The van der Waals surface area contributed by atoms with Crippen molar-refractivity contribution >= 4 is 27.8 Å². The molecule has 36 heavy (non-hydrogen) atoms. The Labute approximate surface area is 207 Å². The zero-order valence-corrected chi connectivity index (χ0v) is 20.9. The summed E-state index contributed by atoms with van der Waals surface area (Å²) in [7, 11) is 3.00. The number of aromatic nitrogens is 3. The maximum Gasteiger partial charge on any atom is 0.309 e. The van der Waals surface area contributed by atoms with E-state index in [0.29, 0.717) is 41.4 Å². The smallest absolute Gasteiger partial charge is 0.309 e. The van der Waals surface area contributed by atoms with Crippen molar-refractivity contribution < 1.29 is 28.2 Å². The summed E-state index contributed by atoms with van der Waals surface area (Å²) in [6.45, 7) is 6.07. The third kappa shape index (κ3) is 3.48. The first kappa shape index (κ1) is 24.2. The number of methoxy groups -OCH3 is 2. The summed E-state index contributed by atoms with van der Waals surface area (Å²) in [6.07, 6.45) is 2.32. The van der Waals surface area contributed by atoms with Gasteiger partial charge in [0, 0.05) is 40.7 Å². The molecular weight excluding hydrogens is 468 g/mol. The molecule has 0 spiro atoms. The Balaban J connectivity index is 1.91. The summed E-state index contributed by atoms with van der Waals surface area (Å²) in [5.41, 5.74) is 1.55. The first-order valence-corrected chi connectivity index (χ1v) is 11.8. The molecule has 0 bridgehead atoms. The standard InChI is InChI=1S/C27H29F2N3O4/c1-26(2,13-35-4)24-20(15-10-27(3,11-15)25(33)34)21-18(8-14-12-30-31-23(14)22(21)29)32(24)16-6-7-17(28)19(9-16)36-5/h6-9,12,15H,10-11,13H2,1-5H3,(H,30,31)(H,33,34). The highest BCUT2D eigenvalue weighted by atomic mass is 19.1. The van der Waals surface area contributed by atoms with Gasteiger partial charge in [-0.15, -0.1) is 0 Å². The van der Waals surface area contributed by atoms with Crippen molar-refractivity contribution in [2.75, 3.05) is 20.8 Å². The van der Waals surface area contributed by atoms with Gasteiger partial charge in [-0.05, 0) is 49.4 Å². The second kappa shape index (κ2) is 8.30. The molecule has 9 heteroatoms. The van der Waals surface area contributed by atoms with Gasteiger partial charge in [-0.3, -0.25) is 9.89 Å². The van der Waals surface area contributed by atoms with Crippen LogP contribution in [0.15, 0.2) is 30.5 Å². The highest BCUT2D eigenvalue weighted by molar-refractivity contribution is 6.00.